The molecule has 2 atom stereocenters. The Morgan fingerprint density at radius 2 is 2.12 bits per heavy atom. The molecule has 3 N–H and O–H groups in total. The number of hydrogen-bond acceptors (Lipinski definition) is 4. The third-order valence-electron chi connectivity index (χ3n) is 3.64. The molecule has 1 aromatic rings. The SMILES string of the molecule is CCC1CCCCC1Nc1cc(C)nc(N)n1. The lowest BCUT2D eigenvalue weighted by atomic mass is 9.83. The molecule has 1 aromatic heterocycles. The van der Waals surface area contributed by atoms with Crippen molar-refractivity contribution < 1.29 is 0 Å². The first kappa shape index (κ1) is 12.1. The number of nitrogens with one attached hydrogen (secondary N) is 1. The maximum atomic E-state index is 5.67. The zero-order chi connectivity index (χ0) is 12.3. The summed E-state index contributed by atoms with van der Waals surface area (Å²) in [6.07, 6.45) is 6.47. The summed E-state index contributed by atoms with van der Waals surface area (Å²) in [4.78, 5) is 8.35. The monoisotopic (exact) mass is 234 g/mol. The highest BCUT2D eigenvalue weighted by Gasteiger charge is 2.23. The molecule has 17 heavy (non-hydrogen) atoms. The van der Waals surface area contributed by atoms with Gasteiger partial charge in [0.05, 0.1) is 0 Å². The topological polar surface area (TPSA) is 63.8 Å². The molecule has 0 saturated heterocycles. The summed E-state index contributed by atoms with van der Waals surface area (Å²) in [6.45, 7) is 4.21. The molecular formula is C13H22N4. The summed E-state index contributed by atoms with van der Waals surface area (Å²) in [7, 11) is 0. The zero-order valence-corrected chi connectivity index (χ0v) is 10.7. The van der Waals surface area contributed by atoms with Crippen LogP contribution in [-0.4, -0.2) is 16.0 Å². The van der Waals surface area contributed by atoms with E-state index in [0.29, 0.717) is 12.0 Å². The first-order chi connectivity index (χ1) is 8.19. The van der Waals surface area contributed by atoms with Gasteiger partial charge in [-0.3, -0.25) is 0 Å². The van der Waals surface area contributed by atoms with Crippen LogP contribution in [0, 0.1) is 12.8 Å². The van der Waals surface area contributed by atoms with E-state index in [1.807, 2.05) is 13.0 Å². The van der Waals surface area contributed by atoms with Gasteiger partial charge in [0.25, 0.3) is 0 Å². The Labute approximate surface area is 103 Å². The molecule has 4 heteroatoms. The van der Waals surface area contributed by atoms with Gasteiger partial charge in [0.1, 0.15) is 5.82 Å². The number of aryl methyl sites for hydroxylation is 1. The predicted molar refractivity (Wildman–Crippen MR) is 70.8 cm³/mol. The van der Waals surface area contributed by atoms with Crippen LogP contribution in [0.15, 0.2) is 6.07 Å². The zero-order valence-electron chi connectivity index (χ0n) is 10.7. The number of hydrogen-bond donors (Lipinski definition) is 2. The highest BCUT2D eigenvalue weighted by molar-refractivity contribution is 5.41. The second-order valence-electron chi connectivity index (χ2n) is 4.96. The molecule has 4 nitrogen and oxygen atoms in total. The molecule has 0 amide bonds. The first-order valence-corrected chi connectivity index (χ1v) is 6.56. The molecule has 0 spiro atoms. The molecule has 1 fully saturated rings. The Hall–Kier alpha value is -1.32. The second kappa shape index (κ2) is 5.34. The van der Waals surface area contributed by atoms with Gasteiger partial charge in [-0.1, -0.05) is 26.2 Å². The Morgan fingerprint density at radius 1 is 1.35 bits per heavy atom. The molecule has 2 unspecified atom stereocenters. The number of nitrogen functional groups attached to an aromatic ring is 1. The van der Waals surface area contributed by atoms with Crippen molar-refractivity contribution in [3.63, 3.8) is 0 Å². The molecule has 0 aromatic carbocycles. The summed E-state index contributed by atoms with van der Waals surface area (Å²) in [6, 6.07) is 2.51. The molecule has 0 aliphatic heterocycles. The van der Waals surface area contributed by atoms with Crippen LogP contribution in [0.4, 0.5) is 11.8 Å². The summed E-state index contributed by atoms with van der Waals surface area (Å²) in [5.74, 6) is 2.00. The Kier molecular flexibility index (Phi) is 3.82. The van der Waals surface area contributed by atoms with Gasteiger partial charge in [-0.25, -0.2) is 4.98 Å². The molecule has 1 saturated carbocycles. The van der Waals surface area contributed by atoms with Gasteiger partial charge in [-0.15, -0.1) is 0 Å². The van der Waals surface area contributed by atoms with E-state index < -0.39 is 0 Å². The minimum Gasteiger partial charge on any atom is -0.368 e. The highest BCUT2D eigenvalue weighted by Crippen LogP contribution is 2.29. The lowest BCUT2D eigenvalue weighted by molar-refractivity contribution is 0.317. The smallest absolute Gasteiger partial charge is 0.222 e. The Balaban J connectivity index is 2.08. The van der Waals surface area contributed by atoms with E-state index in [9.17, 15) is 0 Å². The quantitative estimate of drug-likeness (QED) is 0.844. The number of anilines is 2. The van der Waals surface area contributed by atoms with Gasteiger partial charge in [0, 0.05) is 17.8 Å². The molecule has 1 aliphatic rings. The van der Waals surface area contributed by atoms with Gasteiger partial charge in [0.2, 0.25) is 5.95 Å². The Bertz CT molecular complexity index is 357. The van der Waals surface area contributed by atoms with Gasteiger partial charge in [0.15, 0.2) is 0 Å². The van der Waals surface area contributed by atoms with E-state index in [4.69, 9.17) is 5.73 Å². The second-order valence-corrected chi connectivity index (χ2v) is 4.96. The standard InChI is InChI=1S/C13H22N4/c1-3-10-6-4-5-7-11(10)16-12-8-9(2)15-13(14)17-12/h8,10-11H,3-7H2,1-2H3,(H3,14,15,16,17). The number of rotatable bonds is 3. The van der Waals surface area contributed by atoms with Gasteiger partial charge in [-0.05, 0) is 25.7 Å². The number of aromatic nitrogens is 2. The lowest BCUT2D eigenvalue weighted by Gasteiger charge is -2.31. The van der Waals surface area contributed by atoms with E-state index in [-0.39, 0.29) is 0 Å². The molecular weight excluding hydrogens is 212 g/mol. The maximum absolute atomic E-state index is 5.67. The van der Waals surface area contributed by atoms with E-state index >= 15 is 0 Å². The van der Waals surface area contributed by atoms with Crippen LogP contribution in [0.25, 0.3) is 0 Å². The van der Waals surface area contributed by atoms with Crippen LogP contribution < -0.4 is 11.1 Å². The maximum Gasteiger partial charge on any atom is 0.222 e. The molecule has 0 radical (unpaired) electrons. The van der Waals surface area contributed by atoms with Crippen molar-refractivity contribution in [3.05, 3.63) is 11.8 Å². The highest BCUT2D eigenvalue weighted by atomic mass is 15.1. The van der Waals surface area contributed by atoms with E-state index in [1.165, 1.54) is 32.1 Å². The van der Waals surface area contributed by atoms with Crippen molar-refractivity contribution in [2.75, 3.05) is 11.1 Å². The lowest BCUT2D eigenvalue weighted by Crippen LogP contribution is -2.32. The van der Waals surface area contributed by atoms with Crippen LogP contribution >= 0.6 is 0 Å². The minimum absolute atomic E-state index is 0.358. The van der Waals surface area contributed by atoms with E-state index in [1.54, 1.807) is 0 Å². The average Bonchev–Trinajstić information content (AvgIpc) is 2.28. The summed E-state index contributed by atoms with van der Waals surface area (Å²) in [5, 5.41) is 3.53. The average molecular weight is 234 g/mol. The van der Waals surface area contributed by atoms with Crippen molar-refractivity contribution in [1.29, 1.82) is 0 Å². The molecule has 1 aliphatic carbocycles. The van der Waals surface area contributed by atoms with Crippen LogP contribution in [0.5, 0.6) is 0 Å². The van der Waals surface area contributed by atoms with Gasteiger partial charge < -0.3 is 11.1 Å². The first-order valence-electron chi connectivity index (χ1n) is 6.56. The van der Waals surface area contributed by atoms with Crippen LogP contribution in [-0.2, 0) is 0 Å². The van der Waals surface area contributed by atoms with E-state index in [2.05, 4.69) is 22.2 Å². The predicted octanol–water partition coefficient (Wildman–Crippen LogP) is 2.75. The molecule has 2 rings (SSSR count). The van der Waals surface area contributed by atoms with Crippen molar-refractivity contribution >= 4 is 11.8 Å². The Morgan fingerprint density at radius 3 is 2.82 bits per heavy atom. The largest absolute Gasteiger partial charge is 0.368 e. The fourth-order valence-corrected chi connectivity index (χ4v) is 2.74. The van der Waals surface area contributed by atoms with Crippen molar-refractivity contribution in [2.45, 2.75) is 52.0 Å². The molecule has 0 bridgehead atoms. The molecule has 94 valence electrons. The van der Waals surface area contributed by atoms with Crippen molar-refractivity contribution in [1.82, 2.24) is 9.97 Å². The van der Waals surface area contributed by atoms with Crippen LogP contribution in [0.1, 0.15) is 44.7 Å². The third kappa shape index (κ3) is 3.08. The summed E-state index contributed by atoms with van der Waals surface area (Å²) in [5.41, 5.74) is 6.59. The van der Waals surface area contributed by atoms with Crippen LogP contribution in [0.2, 0.25) is 0 Å². The van der Waals surface area contributed by atoms with Gasteiger partial charge in [-0.2, -0.15) is 4.98 Å². The third-order valence-corrected chi connectivity index (χ3v) is 3.64. The summed E-state index contributed by atoms with van der Waals surface area (Å²) < 4.78 is 0. The normalized spacial score (nSPS) is 24.6. The van der Waals surface area contributed by atoms with Crippen molar-refractivity contribution in [3.8, 4) is 0 Å². The van der Waals surface area contributed by atoms with E-state index in [0.717, 1.165) is 17.4 Å². The summed E-state index contributed by atoms with van der Waals surface area (Å²) >= 11 is 0. The number of nitrogens with zero attached hydrogens (tertiary/aromatic N) is 2. The van der Waals surface area contributed by atoms with Crippen molar-refractivity contribution in [2.24, 2.45) is 5.92 Å². The fourth-order valence-electron chi connectivity index (χ4n) is 2.74. The minimum atomic E-state index is 0.358. The van der Waals surface area contributed by atoms with Crippen LogP contribution in [0.3, 0.4) is 0 Å². The number of nitrogens with two attached hydrogens (primary N) is 1. The fraction of sp³-hybridized carbons (Fsp3) is 0.692. The van der Waals surface area contributed by atoms with Gasteiger partial charge >= 0.3 is 0 Å². The molecule has 1 heterocycles.